The van der Waals surface area contributed by atoms with Gasteiger partial charge in [-0.2, -0.15) is 0 Å². The summed E-state index contributed by atoms with van der Waals surface area (Å²) in [5, 5.41) is 6.70. The van der Waals surface area contributed by atoms with Crippen LogP contribution < -0.4 is 15.5 Å². The first-order valence-corrected chi connectivity index (χ1v) is 13.3. The molecule has 2 N–H and O–H groups in total. The quantitative estimate of drug-likeness (QED) is 0.554. The fraction of sp³-hybridized carbons (Fsp3) is 0.292. The Kier molecular flexibility index (Phi) is 6.01. The third-order valence-corrected chi connectivity index (χ3v) is 7.61. The molecule has 3 heterocycles. The molecule has 1 saturated heterocycles. The third-order valence-electron chi connectivity index (χ3n) is 6.26. The van der Waals surface area contributed by atoms with Gasteiger partial charge in [0.15, 0.2) is 9.84 Å². The standard InChI is InChI=1S/C24H24ClN5O3S/c1-34(32,33)19-7-8-20-16(11-19)12-26-22(20)23(31)29-18-13-27-24(28-14-18)30-9-3-6-21(30)15-4-2-5-17(25)10-15/h2,4-5,7-8,10-11,13-14,21-22,26H,3,6,9,12H2,1H3,(H,29,31)/t21-,22-/m1/s1. The van der Waals surface area contributed by atoms with Crippen LogP contribution in [-0.2, 0) is 21.2 Å². The summed E-state index contributed by atoms with van der Waals surface area (Å²) < 4.78 is 23.6. The average molecular weight is 498 g/mol. The number of rotatable bonds is 5. The second kappa shape index (κ2) is 8.98. The minimum atomic E-state index is -3.30. The highest BCUT2D eigenvalue weighted by atomic mass is 35.5. The maximum absolute atomic E-state index is 12.9. The second-order valence-electron chi connectivity index (χ2n) is 8.61. The van der Waals surface area contributed by atoms with Gasteiger partial charge in [-0.3, -0.25) is 10.1 Å². The number of carbonyl (C=O) groups excluding carboxylic acids is 1. The van der Waals surface area contributed by atoms with E-state index >= 15 is 0 Å². The topological polar surface area (TPSA) is 104 Å². The lowest BCUT2D eigenvalue weighted by molar-refractivity contribution is -0.118. The molecule has 1 aromatic heterocycles. The van der Waals surface area contributed by atoms with Crippen molar-refractivity contribution in [1.82, 2.24) is 15.3 Å². The Morgan fingerprint density at radius 2 is 1.97 bits per heavy atom. The number of nitrogens with one attached hydrogen (secondary N) is 2. The Labute approximate surface area is 203 Å². The zero-order valence-corrected chi connectivity index (χ0v) is 20.1. The maximum Gasteiger partial charge on any atom is 0.246 e. The van der Waals surface area contributed by atoms with Gasteiger partial charge in [0.1, 0.15) is 6.04 Å². The van der Waals surface area contributed by atoms with Crippen molar-refractivity contribution < 1.29 is 13.2 Å². The summed E-state index contributed by atoms with van der Waals surface area (Å²) in [5.74, 6) is 0.360. The lowest BCUT2D eigenvalue weighted by Crippen LogP contribution is -2.28. The molecule has 0 radical (unpaired) electrons. The van der Waals surface area contributed by atoms with Gasteiger partial charge >= 0.3 is 0 Å². The van der Waals surface area contributed by atoms with Crippen molar-refractivity contribution in [1.29, 1.82) is 0 Å². The van der Waals surface area contributed by atoms with Crippen molar-refractivity contribution in [3.05, 3.63) is 76.6 Å². The number of sulfone groups is 1. The van der Waals surface area contributed by atoms with Gasteiger partial charge in [-0.1, -0.05) is 29.8 Å². The smallest absolute Gasteiger partial charge is 0.246 e. The van der Waals surface area contributed by atoms with Crippen molar-refractivity contribution in [2.45, 2.75) is 36.4 Å². The van der Waals surface area contributed by atoms with Crippen LogP contribution in [0.2, 0.25) is 5.02 Å². The predicted octanol–water partition coefficient (Wildman–Crippen LogP) is 3.66. The van der Waals surface area contributed by atoms with Gasteiger partial charge in [0.25, 0.3) is 0 Å². The molecule has 0 unspecified atom stereocenters. The molecule has 34 heavy (non-hydrogen) atoms. The van der Waals surface area contributed by atoms with Gasteiger partial charge in [-0.15, -0.1) is 0 Å². The van der Waals surface area contributed by atoms with Crippen molar-refractivity contribution in [2.75, 3.05) is 23.0 Å². The van der Waals surface area contributed by atoms with Crippen LogP contribution in [0.25, 0.3) is 0 Å². The van der Waals surface area contributed by atoms with Gasteiger partial charge in [0.2, 0.25) is 11.9 Å². The lowest BCUT2D eigenvalue weighted by Gasteiger charge is -2.25. The molecule has 176 valence electrons. The number of benzene rings is 2. The molecule has 2 aliphatic heterocycles. The molecule has 10 heteroatoms. The fourth-order valence-corrected chi connectivity index (χ4v) is 5.49. The molecular weight excluding hydrogens is 474 g/mol. The first kappa shape index (κ1) is 22.8. The molecule has 2 aliphatic rings. The lowest BCUT2D eigenvalue weighted by atomic mass is 10.0. The van der Waals surface area contributed by atoms with E-state index in [-0.39, 0.29) is 16.8 Å². The van der Waals surface area contributed by atoms with Gasteiger partial charge in [0, 0.05) is 24.4 Å². The highest BCUT2D eigenvalue weighted by Gasteiger charge is 2.30. The summed E-state index contributed by atoms with van der Waals surface area (Å²) >= 11 is 6.18. The van der Waals surface area contributed by atoms with Crippen LogP contribution in [0.15, 0.2) is 59.8 Å². The van der Waals surface area contributed by atoms with E-state index in [0.717, 1.165) is 36.1 Å². The highest BCUT2D eigenvalue weighted by Crippen LogP contribution is 2.35. The SMILES string of the molecule is CS(=O)(=O)c1ccc2c(c1)CN[C@H]2C(=O)Nc1cnc(N2CCC[C@@H]2c2cccc(Cl)c2)nc1. The normalized spacial score (nSPS) is 19.8. The molecule has 0 bridgehead atoms. The molecule has 0 aliphatic carbocycles. The van der Waals surface area contributed by atoms with Crippen LogP contribution in [0, 0.1) is 0 Å². The Morgan fingerprint density at radius 1 is 1.18 bits per heavy atom. The Bertz CT molecular complexity index is 1350. The summed E-state index contributed by atoms with van der Waals surface area (Å²) in [4.78, 5) is 24.3. The molecular formula is C24H24ClN5O3S. The van der Waals surface area contributed by atoms with Crippen LogP contribution in [0.3, 0.4) is 0 Å². The third kappa shape index (κ3) is 4.51. The second-order valence-corrected chi connectivity index (χ2v) is 11.1. The van der Waals surface area contributed by atoms with Crippen molar-refractivity contribution in [2.24, 2.45) is 0 Å². The highest BCUT2D eigenvalue weighted by molar-refractivity contribution is 7.90. The van der Waals surface area contributed by atoms with E-state index in [1.165, 1.54) is 12.3 Å². The monoisotopic (exact) mass is 497 g/mol. The van der Waals surface area contributed by atoms with Crippen LogP contribution >= 0.6 is 11.6 Å². The number of amides is 1. The number of aromatic nitrogens is 2. The van der Waals surface area contributed by atoms with E-state index in [9.17, 15) is 13.2 Å². The first-order valence-electron chi connectivity index (χ1n) is 11.0. The zero-order valence-electron chi connectivity index (χ0n) is 18.5. The number of anilines is 2. The molecule has 2 aromatic carbocycles. The van der Waals surface area contributed by atoms with Crippen molar-refractivity contribution in [3.63, 3.8) is 0 Å². The maximum atomic E-state index is 12.9. The van der Waals surface area contributed by atoms with Gasteiger partial charge in [0.05, 0.1) is 29.0 Å². The van der Waals surface area contributed by atoms with E-state index in [1.807, 2.05) is 18.2 Å². The number of carbonyl (C=O) groups is 1. The van der Waals surface area contributed by atoms with Gasteiger partial charge < -0.3 is 10.2 Å². The molecule has 1 amide bonds. The van der Waals surface area contributed by atoms with E-state index in [4.69, 9.17) is 11.6 Å². The Morgan fingerprint density at radius 3 is 2.71 bits per heavy atom. The number of hydrogen-bond acceptors (Lipinski definition) is 7. The van der Waals surface area contributed by atoms with E-state index in [0.29, 0.717) is 23.2 Å². The summed E-state index contributed by atoms with van der Waals surface area (Å²) in [7, 11) is -3.30. The summed E-state index contributed by atoms with van der Waals surface area (Å²) in [6.45, 7) is 1.27. The van der Waals surface area contributed by atoms with Crippen LogP contribution in [0.1, 0.15) is 41.6 Å². The van der Waals surface area contributed by atoms with E-state index < -0.39 is 15.9 Å². The number of fused-ring (bicyclic) bond motifs is 1. The molecule has 5 rings (SSSR count). The molecule has 8 nitrogen and oxygen atoms in total. The zero-order chi connectivity index (χ0) is 23.9. The van der Waals surface area contributed by atoms with E-state index in [2.05, 4.69) is 31.6 Å². The summed E-state index contributed by atoms with van der Waals surface area (Å²) in [6.07, 6.45) is 6.42. The molecule has 3 aromatic rings. The van der Waals surface area contributed by atoms with Crippen molar-refractivity contribution >= 4 is 39.0 Å². The van der Waals surface area contributed by atoms with Crippen LogP contribution in [0.5, 0.6) is 0 Å². The molecule has 0 spiro atoms. The number of hydrogen-bond donors (Lipinski definition) is 2. The van der Waals surface area contributed by atoms with Crippen molar-refractivity contribution in [3.8, 4) is 0 Å². The number of nitrogens with zero attached hydrogens (tertiary/aromatic N) is 3. The van der Waals surface area contributed by atoms with E-state index in [1.54, 1.807) is 24.5 Å². The number of halogens is 1. The molecule has 1 fully saturated rings. The minimum Gasteiger partial charge on any atom is -0.334 e. The van der Waals surface area contributed by atoms with Gasteiger partial charge in [-0.25, -0.2) is 18.4 Å². The largest absolute Gasteiger partial charge is 0.334 e. The van der Waals surface area contributed by atoms with Gasteiger partial charge in [-0.05, 0) is 53.8 Å². The average Bonchev–Trinajstić information content (AvgIpc) is 3.46. The predicted molar refractivity (Wildman–Crippen MR) is 131 cm³/mol. The summed E-state index contributed by atoms with van der Waals surface area (Å²) in [6, 6.07) is 12.3. The minimum absolute atomic E-state index is 0.162. The Balaban J connectivity index is 1.29. The van der Waals surface area contributed by atoms with Crippen LogP contribution in [0.4, 0.5) is 11.6 Å². The molecule has 0 saturated carbocycles. The van der Waals surface area contributed by atoms with Crippen LogP contribution in [-0.4, -0.2) is 37.1 Å². The first-order chi connectivity index (χ1) is 16.3. The summed E-state index contributed by atoms with van der Waals surface area (Å²) in [5.41, 5.74) is 3.20. The molecule has 2 atom stereocenters. The Hall–Kier alpha value is -3.01. The fourth-order valence-electron chi connectivity index (χ4n) is 4.62.